The molecule has 0 aliphatic rings. The van der Waals surface area contributed by atoms with Gasteiger partial charge in [0.2, 0.25) is 0 Å². The molecular weight excluding hydrogens is 691 g/mol. The summed E-state index contributed by atoms with van der Waals surface area (Å²) in [6, 6.07) is 0. The molecular formula is C51H101NO4. The van der Waals surface area contributed by atoms with Gasteiger partial charge in [0.05, 0.1) is 25.0 Å². The molecule has 0 N–H and O–H groups in total. The third-order valence-electron chi connectivity index (χ3n) is 11.9. The van der Waals surface area contributed by atoms with Gasteiger partial charge in [-0.2, -0.15) is 0 Å². The van der Waals surface area contributed by atoms with Crippen molar-refractivity contribution in [1.29, 1.82) is 0 Å². The van der Waals surface area contributed by atoms with E-state index in [1.54, 1.807) is 0 Å². The second-order valence-corrected chi connectivity index (χ2v) is 18.9. The average Bonchev–Trinajstić information content (AvgIpc) is 3.17. The molecule has 334 valence electrons. The standard InChI is InChI=1S/C51H101NO4/c1-8-12-16-20-22-30-39-47(37-28-18-14-10-3)49(53)55-45-34-26-24-32-42-52(44-36-41-51(5,6)7)43-33-25-27-35-46-56-50(54)48(38-29-19-15-11-4)40-31-23-21-17-13-9-2/h47-48H,8-46H2,1-7H3. The first-order valence-corrected chi connectivity index (χ1v) is 25.2. The van der Waals surface area contributed by atoms with Gasteiger partial charge >= 0.3 is 11.9 Å². The molecule has 0 aliphatic heterocycles. The highest BCUT2D eigenvalue weighted by Gasteiger charge is 2.20. The summed E-state index contributed by atoms with van der Waals surface area (Å²) in [4.78, 5) is 28.8. The minimum Gasteiger partial charge on any atom is -0.465 e. The van der Waals surface area contributed by atoms with Gasteiger partial charge in [0.25, 0.3) is 0 Å². The van der Waals surface area contributed by atoms with E-state index in [1.807, 2.05) is 0 Å². The van der Waals surface area contributed by atoms with Crippen LogP contribution in [0.5, 0.6) is 0 Å². The fraction of sp³-hybridized carbons (Fsp3) is 0.961. The van der Waals surface area contributed by atoms with E-state index < -0.39 is 0 Å². The lowest BCUT2D eigenvalue weighted by Gasteiger charge is -2.25. The van der Waals surface area contributed by atoms with Gasteiger partial charge in [-0.05, 0) is 89.3 Å². The molecule has 0 fully saturated rings. The van der Waals surface area contributed by atoms with Gasteiger partial charge in [0.1, 0.15) is 0 Å². The number of ether oxygens (including phenoxy) is 2. The van der Waals surface area contributed by atoms with E-state index in [2.05, 4.69) is 53.4 Å². The van der Waals surface area contributed by atoms with Gasteiger partial charge in [-0.1, -0.05) is 203 Å². The maximum atomic E-state index is 13.0. The number of carbonyl (C=O) groups excluding carboxylic acids is 2. The van der Waals surface area contributed by atoms with Crippen molar-refractivity contribution in [2.24, 2.45) is 17.3 Å². The number of rotatable bonds is 43. The molecule has 2 atom stereocenters. The molecule has 56 heavy (non-hydrogen) atoms. The summed E-state index contributed by atoms with van der Waals surface area (Å²) in [5.74, 6) is 0.353. The van der Waals surface area contributed by atoms with Crippen LogP contribution in [0.15, 0.2) is 0 Å². The Balaban J connectivity index is 4.52. The smallest absolute Gasteiger partial charge is 0.308 e. The number of hydrogen-bond donors (Lipinski definition) is 0. The fourth-order valence-corrected chi connectivity index (χ4v) is 8.07. The maximum absolute atomic E-state index is 13.0. The van der Waals surface area contributed by atoms with Gasteiger partial charge in [-0.3, -0.25) is 9.59 Å². The lowest BCUT2D eigenvalue weighted by Crippen LogP contribution is -2.28. The molecule has 0 bridgehead atoms. The van der Waals surface area contributed by atoms with Crippen molar-refractivity contribution in [2.45, 2.75) is 267 Å². The highest BCUT2D eigenvalue weighted by molar-refractivity contribution is 5.72. The van der Waals surface area contributed by atoms with Crippen LogP contribution in [0.3, 0.4) is 0 Å². The Kier molecular flexibility index (Phi) is 39.9. The van der Waals surface area contributed by atoms with Gasteiger partial charge in [-0.25, -0.2) is 0 Å². The fourth-order valence-electron chi connectivity index (χ4n) is 8.07. The van der Waals surface area contributed by atoms with Crippen molar-refractivity contribution in [2.75, 3.05) is 32.8 Å². The summed E-state index contributed by atoms with van der Waals surface area (Å²) >= 11 is 0. The molecule has 0 amide bonds. The largest absolute Gasteiger partial charge is 0.465 e. The Hall–Kier alpha value is -1.10. The normalized spacial score (nSPS) is 13.0. The molecule has 0 saturated carbocycles. The van der Waals surface area contributed by atoms with E-state index in [0.717, 1.165) is 90.1 Å². The molecule has 0 saturated heterocycles. The Morgan fingerprint density at radius 3 is 1.04 bits per heavy atom. The molecule has 0 aliphatic carbocycles. The van der Waals surface area contributed by atoms with E-state index >= 15 is 0 Å². The highest BCUT2D eigenvalue weighted by Crippen LogP contribution is 2.23. The van der Waals surface area contributed by atoms with Crippen molar-refractivity contribution in [3.8, 4) is 0 Å². The van der Waals surface area contributed by atoms with Crippen LogP contribution >= 0.6 is 0 Å². The molecule has 0 radical (unpaired) electrons. The molecule has 0 aromatic heterocycles. The molecule has 5 nitrogen and oxygen atoms in total. The highest BCUT2D eigenvalue weighted by atomic mass is 16.5. The third kappa shape index (κ3) is 37.2. The summed E-state index contributed by atoms with van der Waals surface area (Å²) in [7, 11) is 0. The first-order valence-electron chi connectivity index (χ1n) is 25.2. The monoisotopic (exact) mass is 792 g/mol. The van der Waals surface area contributed by atoms with Crippen molar-refractivity contribution >= 4 is 11.9 Å². The zero-order valence-electron chi connectivity index (χ0n) is 39.3. The van der Waals surface area contributed by atoms with Crippen LogP contribution in [0.1, 0.15) is 267 Å². The van der Waals surface area contributed by atoms with Crippen molar-refractivity contribution in [3.05, 3.63) is 0 Å². The van der Waals surface area contributed by atoms with Crippen LogP contribution in [0.2, 0.25) is 0 Å². The predicted molar refractivity (Wildman–Crippen MR) is 244 cm³/mol. The van der Waals surface area contributed by atoms with Crippen LogP contribution < -0.4 is 0 Å². The molecule has 2 unspecified atom stereocenters. The maximum Gasteiger partial charge on any atom is 0.308 e. The minimum atomic E-state index is 0.0729. The number of unbranched alkanes of at least 4 members (excludes halogenated alkanes) is 22. The Labute approximate surface area is 351 Å². The lowest BCUT2D eigenvalue weighted by atomic mass is 9.90. The van der Waals surface area contributed by atoms with Gasteiger partial charge in [-0.15, -0.1) is 0 Å². The number of carbonyl (C=O) groups is 2. The molecule has 0 rings (SSSR count). The second kappa shape index (κ2) is 40.7. The summed E-state index contributed by atoms with van der Waals surface area (Å²) < 4.78 is 11.7. The van der Waals surface area contributed by atoms with Crippen LogP contribution in [0.4, 0.5) is 0 Å². The Morgan fingerprint density at radius 1 is 0.393 bits per heavy atom. The van der Waals surface area contributed by atoms with E-state index in [4.69, 9.17) is 9.47 Å². The number of hydrogen-bond acceptors (Lipinski definition) is 5. The summed E-state index contributed by atoms with van der Waals surface area (Å²) in [5, 5.41) is 0. The Bertz CT molecular complexity index is 780. The van der Waals surface area contributed by atoms with E-state index in [1.165, 1.54) is 148 Å². The predicted octanol–water partition coefficient (Wildman–Crippen LogP) is 16.0. The Morgan fingerprint density at radius 2 is 0.679 bits per heavy atom. The SMILES string of the molecule is CCCCCCCCC(CCCCCC)C(=O)OCCCCCCN(CCCCCCOC(=O)C(CCCCCC)CCCCCCCC)CCCC(C)(C)C. The zero-order valence-corrected chi connectivity index (χ0v) is 39.3. The topological polar surface area (TPSA) is 55.8 Å². The molecule has 0 aromatic carbocycles. The minimum absolute atomic E-state index is 0.0729. The molecule has 0 aromatic rings. The molecule has 0 spiro atoms. The van der Waals surface area contributed by atoms with Crippen LogP contribution in [0, 0.1) is 17.3 Å². The van der Waals surface area contributed by atoms with Crippen LogP contribution in [-0.2, 0) is 19.1 Å². The number of esters is 2. The lowest BCUT2D eigenvalue weighted by molar-refractivity contribution is -0.150. The summed E-state index contributed by atoms with van der Waals surface area (Å²) in [6.07, 6.45) is 40.8. The first kappa shape index (κ1) is 54.9. The molecule has 0 heterocycles. The van der Waals surface area contributed by atoms with Crippen molar-refractivity contribution in [3.63, 3.8) is 0 Å². The number of nitrogens with zero attached hydrogens (tertiary/aromatic N) is 1. The first-order chi connectivity index (χ1) is 27.2. The second-order valence-electron chi connectivity index (χ2n) is 18.9. The van der Waals surface area contributed by atoms with E-state index in [9.17, 15) is 9.59 Å². The average molecular weight is 792 g/mol. The third-order valence-corrected chi connectivity index (χ3v) is 11.9. The van der Waals surface area contributed by atoms with Crippen molar-refractivity contribution in [1.82, 2.24) is 4.90 Å². The summed E-state index contributed by atoms with van der Waals surface area (Å²) in [5.41, 5.74) is 0.382. The quantitative estimate of drug-likeness (QED) is 0.0455. The van der Waals surface area contributed by atoms with Gasteiger partial charge in [0.15, 0.2) is 0 Å². The van der Waals surface area contributed by atoms with E-state index in [0.29, 0.717) is 18.6 Å². The summed E-state index contributed by atoms with van der Waals surface area (Å²) in [6.45, 7) is 20.8. The van der Waals surface area contributed by atoms with Crippen LogP contribution in [0.25, 0.3) is 0 Å². The van der Waals surface area contributed by atoms with Crippen molar-refractivity contribution < 1.29 is 19.1 Å². The van der Waals surface area contributed by atoms with Gasteiger partial charge in [0, 0.05) is 0 Å². The van der Waals surface area contributed by atoms with Crippen LogP contribution in [-0.4, -0.2) is 49.7 Å². The zero-order chi connectivity index (χ0) is 41.4. The van der Waals surface area contributed by atoms with E-state index in [-0.39, 0.29) is 23.8 Å². The molecule has 5 heteroatoms. The van der Waals surface area contributed by atoms with Gasteiger partial charge < -0.3 is 14.4 Å².